The van der Waals surface area contributed by atoms with Crippen molar-refractivity contribution in [1.82, 2.24) is 0 Å². The highest BCUT2D eigenvalue weighted by molar-refractivity contribution is 7.85. The second-order valence-corrected chi connectivity index (χ2v) is 10.7. The minimum atomic E-state index is -4.33. The van der Waals surface area contributed by atoms with Crippen LogP contribution in [0, 0.1) is 0 Å². The van der Waals surface area contributed by atoms with E-state index in [1.54, 1.807) is 67.6 Å². The third-order valence-electron chi connectivity index (χ3n) is 6.33. The van der Waals surface area contributed by atoms with Crippen LogP contribution in [0.1, 0.15) is 28.8 Å². The Balaban J connectivity index is 1.78. The predicted octanol–water partition coefficient (Wildman–Crippen LogP) is 6.23. The fraction of sp³-hybridized carbons (Fsp3) is 0.207. The van der Waals surface area contributed by atoms with Crippen LogP contribution in [-0.2, 0) is 10.1 Å². The lowest BCUT2D eigenvalue weighted by molar-refractivity contribution is 0.102. The zero-order valence-corrected chi connectivity index (χ0v) is 23.6. The molecule has 1 amide bonds. The molecule has 11 nitrogen and oxygen atoms in total. The molecule has 0 heterocycles. The molecule has 12 heteroatoms. The molecule has 4 rings (SSSR count). The molecule has 0 saturated carbocycles. The van der Waals surface area contributed by atoms with Crippen molar-refractivity contribution >= 4 is 43.9 Å². The molecular formula is C29H29N3O8S. The van der Waals surface area contributed by atoms with Gasteiger partial charge in [0.2, 0.25) is 0 Å². The number of azo groups is 1. The van der Waals surface area contributed by atoms with Crippen LogP contribution in [0.25, 0.3) is 10.8 Å². The van der Waals surface area contributed by atoms with E-state index in [2.05, 4.69) is 15.5 Å². The lowest BCUT2D eigenvalue weighted by Gasteiger charge is -2.17. The molecule has 0 aromatic heterocycles. The van der Waals surface area contributed by atoms with Gasteiger partial charge in [0.05, 0.1) is 27.1 Å². The Morgan fingerprint density at radius 1 is 0.878 bits per heavy atom. The maximum absolute atomic E-state index is 13.1. The predicted molar refractivity (Wildman–Crippen MR) is 155 cm³/mol. The lowest BCUT2D eigenvalue weighted by atomic mass is 9.94. The molecule has 0 aliphatic rings. The van der Waals surface area contributed by atoms with Gasteiger partial charge in [0.25, 0.3) is 16.0 Å². The number of ether oxygens (including phenoxy) is 3. The average molecular weight is 580 g/mol. The third kappa shape index (κ3) is 6.91. The van der Waals surface area contributed by atoms with Crippen LogP contribution in [0.4, 0.5) is 17.1 Å². The number of nitrogens with one attached hydrogen (secondary N) is 1. The monoisotopic (exact) mass is 579 g/mol. The molecule has 3 N–H and O–H groups in total. The quantitative estimate of drug-likeness (QED) is 0.147. The smallest absolute Gasteiger partial charge is 0.265 e. The van der Waals surface area contributed by atoms with Crippen molar-refractivity contribution in [2.75, 3.05) is 32.4 Å². The molecule has 4 aromatic rings. The summed E-state index contributed by atoms with van der Waals surface area (Å²) in [5.74, 6) is -0.566. The number of hydrogen-bond acceptors (Lipinski definition) is 9. The summed E-state index contributed by atoms with van der Waals surface area (Å²) in [7, 11) is 0.122. The van der Waals surface area contributed by atoms with Crippen LogP contribution in [0.5, 0.6) is 23.0 Å². The number of phenols is 1. The fourth-order valence-electron chi connectivity index (χ4n) is 4.35. The number of phenolic OH excluding ortho intramolecular Hbond substituents is 1. The van der Waals surface area contributed by atoms with Gasteiger partial charge in [0.1, 0.15) is 28.6 Å². The van der Waals surface area contributed by atoms with Gasteiger partial charge in [0, 0.05) is 22.7 Å². The summed E-state index contributed by atoms with van der Waals surface area (Å²) in [6, 6.07) is 18.0. The summed E-state index contributed by atoms with van der Waals surface area (Å²) in [4.78, 5) is 13.1. The van der Waals surface area contributed by atoms with Crippen LogP contribution >= 0.6 is 0 Å². The number of carbonyl (C=O) groups excluding carboxylic acids is 1. The fourth-order valence-corrected chi connectivity index (χ4v) is 5.16. The molecule has 0 saturated heterocycles. The number of amides is 1. The Morgan fingerprint density at radius 2 is 1.54 bits per heavy atom. The third-order valence-corrected chi connectivity index (χ3v) is 7.26. The van der Waals surface area contributed by atoms with Gasteiger partial charge >= 0.3 is 0 Å². The first kappa shape index (κ1) is 29.3. The Labute approximate surface area is 237 Å². The number of nitrogens with zero attached hydrogens (tertiary/aromatic N) is 2. The topological polar surface area (TPSA) is 156 Å². The van der Waals surface area contributed by atoms with E-state index in [4.69, 9.17) is 14.2 Å². The minimum absolute atomic E-state index is 0.0841. The van der Waals surface area contributed by atoms with Gasteiger partial charge in [-0.25, -0.2) is 0 Å². The normalized spacial score (nSPS) is 12.3. The van der Waals surface area contributed by atoms with Gasteiger partial charge in [-0.1, -0.05) is 19.1 Å². The summed E-state index contributed by atoms with van der Waals surface area (Å²) >= 11 is 0. The number of methoxy groups -OCH3 is 3. The largest absolute Gasteiger partial charge is 0.505 e. The van der Waals surface area contributed by atoms with Crippen molar-refractivity contribution in [3.05, 3.63) is 77.9 Å². The van der Waals surface area contributed by atoms with Crippen molar-refractivity contribution in [3.63, 3.8) is 0 Å². The van der Waals surface area contributed by atoms with Gasteiger partial charge in [0.15, 0.2) is 5.75 Å². The number of carbonyl (C=O) groups is 1. The van der Waals surface area contributed by atoms with Gasteiger partial charge in [-0.15, -0.1) is 10.2 Å². The molecule has 0 radical (unpaired) electrons. The molecule has 214 valence electrons. The lowest BCUT2D eigenvalue weighted by Crippen LogP contribution is -2.13. The van der Waals surface area contributed by atoms with E-state index >= 15 is 0 Å². The molecule has 0 aliphatic carbocycles. The Morgan fingerprint density at radius 3 is 2.17 bits per heavy atom. The number of para-hydroxylation sites is 1. The maximum Gasteiger partial charge on any atom is 0.265 e. The van der Waals surface area contributed by atoms with Gasteiger partial charge < -0.3 is 24.6 Å². The van der Waals surface area contributed by atoms with Crippen LogP contribution in [0.2, 0.25) is 0 Å². The first-order chi connectivity index (χ1) is 19.5. The van der Waals surface area contributed by atoms with Crippen molar-refractivity contribution in [3.8, 4) is 23.0 Å². The molecule has 0 fully saturated rings. The number of benzene rings is 4. The molecule has 0 bridgehead atoms. The first-order valence-corrected chi connectivity index (χ1v) is 14.0. The van der Waals surface area contributed by atoms with Crippen molar-refractivity contribution in [2.45, 2.75) is 12.8 Å². The van der Waals surface area contributed by atoms with E-state index < -0.39 is 27.7 Å². The van der Waals surface area contributed by atoms with Gasteiger partial charge in [-0.05, 0) is 65.4 Å². The molecule has 41 heavy (non-hydrogen) atoms. The van der Waals surface area contributed by atoms with E-state index in [1.165, 1.54) is 27.4 Å². The van der Waals surface area contributed by atoms with Crippen LogP contribution in [0.15, 0.2) is 77.0 Å². The zero-order chi connectivity index (χ0) is 29.7. The first-order valence-electron chi connectivity index (χ1n) is 12.4. The Kier molecular flexibility index (Phi) is 8.74. The number of aromatic hydroxyl groups is 1. The molecule has 1 unspecified atom stereocenters. The standard InChI is InChI=1S/C29H29N3O8S/c1-17(16-41(35,36)37)23-15-26(32-31-25-7-5-6-8-27(25)40-4)28(33)22-10-9-19(13-24(22)23)30-29(34)18-11-20(38-2)14-21(12-18)39-3/h5-15,17,33H,16H2,1-4H3,(H,30,34)(H,35,36,37). The molecular weight excluding hydrogens is 550 g/mol. The summed E-state index contributed by atoms with van der Waals surface area (Å²) in [6.45, 7) is 1.62. The van der Waals surface area contributed by atoms with Gasteiger partial charge in [-0.2, -0.15) is 8.42 Å². The van der Waals surface area contributed by atoms with E-state index in [9.17, 15) is 22.9 Å². The molecule has 1 atom stereocenters. The van der Waals surface area contributed by atoms with Crippen molar-refractivity contribution in [1.29, 1.82) is 0 Å². The Bertz CT molecular complexity index is 1720. The van der Waals surface area contributed by atoms with Gasteiger partial charge in [-0.3, -0.25) is 9.35 Å². The second kappa shape index (κ2) is 12.2. The molecule has 0 spiro atoms. The van der Waals surface area contributed by atoms with E-state index in [0.29, 0.717) is 45.0 Å². The minimum Gasteiger partial charge on any atom is -0.505 e. The summed E-state index contributed by atoms with van der Waals surface area (Å²) in [6.07, 6.45) is 0. The van der Waals surface area contributed by atoms with E-state index in [1.807, 2.05) is 0 Å². The maximum atomic E-state index is 13.1. The number of rotatable bonds is 10. The molecule has 0 aliphatic heterocycles. The summed E-state index contributed by atoms with van der Waals surface area (Å²) < 4.78 is 48.8. The van der Waals surface area contributed by atoms with Crippen molar-refractivity contribution < 1.29 is 37.1 Å². The highest BCUT2D eigenvalue weighted by Crippen LogP contribution is 2.42. The van der Waals surface area contributed by atoms with Crippen LogP contribution in [-0.4, -0.2) is 51.1 Å². The zero-order valence-electron chi connectivity index (χ0n) is 22.8. The number of hydrogen-bond donors (Lipinski definition) is 3. The highest BCUT2D eigenvalue weighted by atomic mass is 32.2. The summed E-state index contributed by atoms with van der Waals surface area (Å²) in [5.41, 5.74) is 1.64. The number of fused-ring (bicyclic) bond motifs is 1. The number of anilines is 1. The van der Waals surface area contributed by atoms with Crippen LogP contribution < -0.4 is 19.5 Å². The van der Waals surface area contributed by atoms with E-state index in [-0.39, 0.29) is 17.0 Å². The highest BCUT2D eigenvalue weighted by Gasteiger charge is 2.21. The van der Waals surface area contributed by atoms with Crippen LogP contribution in [0.3, 0.4) is 0 Å². The SMILES string of the molecule is COc1cc(OC)cc(C(=O)Nc2ccc3c(O)c(N=Nc4ccccc4OC)cc(C(C)CS(=O)(=O)O)c3c2)c1. The second-order valence-electron chi connectivity index (χ2n) is 9.17. The molecule has 4 aromatic carbocycles. The summed E-state index contributed by atoms with van der Waals surface area (Å²) in [5, 5.41) is 23.1. The van der Waals surface area contributed by atoms with Crippen molar-refractivity contribution in [2.24, 2.45) is 10.2 Å². The average Bonchev–Trinajstić information content (AvgIpc) is 2.95. The van der Waals surface area contributed by atoms with E-state index in [0.717, 1.165) is 0 Å². The Hall–Kier alpha value is -4.68.